The Morgan fingerprint density at radius 1 is 1.23 bits per heavy atom. The molecule has 26 heavy (non-hydrogen) atoms. The summed E-state index contributed by atoms with van der Waals surface area (Å²) in [5.74, 6) is 0.380. The first kappa shape index (κ1) is 17.2. The fraction of sp³-hybridized carbons (Fsp3) is 0.526. The predicted octanol–water partition coefficient (Wildman–Crippen LogP) is 1.20. The van der Waals surface area contributed by atoms with Crippen molar-refractivity contribution in [3.8, 4) is 0 Å². The lowest BCUT2D eigenvalue weighted by Crippen LogP contribution is -2.49. The maximum Gasteiger partial charge on any atom is 0.260 e. The van der Waals surface area contributed by atoms with Gasteiger partial charge in [0.15, 0.2) is 0 Å². The average Bonchev–Trinajstić information content (AvgIpc) is 2.71. The maximum absolute atomic E-state index is 13.0. The zero-order valence-corrected chi connectivity index (χ0v) is 14.9. The van der Waals surface area contributed by atoms with Crippen LogP contribution in [-0.2, 0) is 16.5 Å². The van der Waals surface area contributed by atoms with Crippen LogP contribution < -0.4 is 5.56 Å². The largest absolute Gasteiger partial charge is 0.381 e. The second kappa shape index (κ2) is 7.17. The highest BCUT2D eigenvalue weighted by atomic mass is 16.5. The van der Waals surface area contributed by atoms with E-state index in [0.717, 1.165) is 26.1 Å². The summed E-state index contributed by atoms with van der Waals surface area (Å²) in [5, 5.41) is 0.468. The van der Waals surface area contributed by atoms with Crippen molar-refractivity contribution < 1.29 is 14.3 Å². The van der Waals surface area contributed by atoms with Gasteiger partial charge in [-0.3, -0.25) is 9.59 Å². The molecule has 0 saturated carbocycles. The first-order valence-corrected chi connectivity index (χ1v) is 9.07. The molecule has 7 nitrogen and oxygen atoms in total. The van der Waals surface area contributed by atoms with Crippen LogP contribution in [0.1, 0.15) is 23.2 Å². The number of morpholine rings is 1. The number of rotatable bonds is 2. The van der Waals surface area contributed by atoms with Crippen LogP contribution in [0.15, 0.2) is 29.3 Å². The molecule has 0 radical (unpaired) electrons. The summed E-state index contributed by atoms with van der Waals surface area (Å²) in [6.45, 7) is 3.23. The standard InChI is InChI=1S/C19H23N3O4/c1-21-12-20-16-3-2-14(10-15(16)19(21)24)18(23)22-6-9-26-17(11-22)13-4-7-25-8-5-13/h2-3,10,12-13,17H,4-9,11H2,1H3. The summed E-state index contributed by atoms with van der Waals surface area (Å²) in [7, 11) is 1.66. The van der Waals surface area contributed by atoms with E-state index in [0.29, 0.717) is 42.1 Å². The summed E-state index contributed by atoms with van der Waals surface area (Å²) in [5.41, 5.74) is 0.980. The Morgan fingerprint density at radius 2 is 2.04 bits per heavy atom. The van der Waals surface area contributed by atoms with Crippen LogP contribution in [0.5, 0.6) is 0 Å². The predicted molar refractivity (Wildman–Crippen MR) is 96.2 cm³/mol. The van der Waals surface area contributed by atoms with E-state index in [1.807, 2.05) is 4.90 Å². The molecule has 2 fully saturated rings. The van der Waals surface area contributed by atoms with Crippen molar-refractivity contribution in [2.45, 2.75) is 18.9 Å². The van der Waals surface area contributed by atoms with Gasteiger partial charge in [-0.15, -0.1) is 0 Å². The molecule has 1 unspecified atom stereocenters. The van der Waals surface area contributed by atoms with Gasteiger partial charge in [-0.1, -0.05) is 0 Å². The van der Waals surface area contributed by atoms with E-state index < -0.39 is 0 Å². The molecule has 2 aliphatic heterocycles. The van der Waals surface area contributed by atoms with E-state index >= 15 is 0 Å². The Kier molecular flexibility index (Phi) is 4.74. The minimum atomic E-state index is -0.147. The van der Waals surface area contributed by atoms with Gasteiger partial charge in [0.2, 0.25) is 0 Å². The lowest BCUT2D eigenvalue weighted by Gasteiger charge is -2.38. The number of amides is 1. The summed E-state index contributed by atoms with van der Waals surface area (Å²) >= 11 is 0. The van der Waals surface area contributed by atoms with Crippen molar-refractivity contribution in [2.75, 3.05) is 32.9 Å². The summed E-state index contributed by atoms with van der Waals surface area (Å²) in [6, 6.07) is 5.14. The van der Waals surface area contributed by atoms with Crippen molar-refractivity contribution in [2.24, 2.45) is 13.0 Å². The van der Waals surface area contributed by atoms with E-state index in [1.54, 1.807) is 25.2 Å². The second-order valence-corrected chi connectivity index (χ2v) is 7.00. The summed E-state index contributed by atoms with van der Waals surface area (Å²) in [6.07, 6.45) is 3.51. The third-order valence-electron chi connectivity index (χ3n) is 5.34. The zero-order valence-electron chi connectivity index (χ0n) is 14.9. The average molecular weight is 357 g/mol. The van der Waals surface area contributed by atoms with Gasteiger partial charge in [0.1, 0.15) is 0 Å². The Morgan fingerprint density at radius 3 is 2.85 bits per heavy atom. The number of carbonyl (C=O) groups excluding carboxylic acids is 1. The minimum absolute atomic E-state index is 0.0573. The minimum Gasteiger partial charge on any atom is -0.381 e. The van der Waals surface area contributed by atoms with Crippen molar-refractivity contribution in [1.82, 2.24) is 14.5 Å². The number of fused-ring (bicyclic) bond motifs is 1. The Hall–Kier alpha value is -2.25. The van der Waals surface area contributed by atoms with E-state index in [4.69, 9.17) is 9.47 Å². The fourth-order valence-electron chi connectivity index (χ4n) is 3.76. The Bertz CT molecular complexity index is 873. The van der Waals surface area contributed by atoms with Crippen LogP contribution in [0.4, 0.5) is 0 Å². The number of aromatic nitrogens is 2. The van der Waals surface area contributed by atoms with Crippen molar-refractivity contribution in [3.05, 3.63) is 40.4 Å². The molecular formula is C19H23N3O4. The van der Waals surface area contributed by atoms with Crippen LogP contribution in [0.3, 0.4) is 0 Å². The van der Waals surface area contributed by atoms with Gasteiger partial charge < -0.3 is 18.9 Å². The maximum atomic E-state index is 13.0. The van der Waals surface area contributed by atoms with Crippen molar-refractivity contribution in [3.63, 3.8) is 0 Å². The fourth-order valence-corrected chi connectivity index (χ4v) is 3.76. The molecule has 2 aliphatic rings. The molecule has 1 aromatic carbocycles. The van der Waals surface area contributed by atoms with Gasteiger partial charge >= 0.3 is 0 Å². The highest BCUT2D eigenvalue weighted by Crippen LogP contribution is 2.25. The zero-order chi connectivity index (χ0) is 18.1. The van der Waals surface area contributed by atoms with Gasteiger partial charge in [-0.25, -0.2) is 4.98 Å². The van der Waals surface area contributed by atoms with Crippen molar-refractivity contribution >= 4 is 16.8 Å². The van der Waals surface area contributed by atoms with Gasteiger partial charge in [-0.05, 0) is 37.0 Å². The quantitative estimate of drug-likeness (QED) is 0.807. The number of aryl methyl sites for hydroxylation is 1. The molecule has 7 heteroatoms. The molecule has 2 saturated heterocycles. The third kappa shape index (κ3) is 3.24. The first-order valence-electron chi connectivity index (χ1n) is 9.07. The molecule has 0 aliphatic carbocycles. The molecule has 138 valence electrons. The first-order chi connectivity index (χ1) is 12.6. The van der Waals surface area contributed by atoms with E-state index in [2.05, 4.69) is 4.98 Å². The van der Waals surface area contributed by atoms with Crippen LogP contribution in [0.2, 0.25) is 0 Å². The van der Waals surface area contributed by atoms with Crippen molar-refractivity contribution in [1.29, 1.82) is 0 Å². The second-order valence-electron chi connectivity index (χ2n) is 7.00. The molecule has 3 heterocycles. The summed E-state index contributed by atoms with van der Waals surface area (Å²) in [4.78, 5) is 31.4. The van der Waals surface area contributed by atoms with E-state index in [-0.39, 0.29) is 17.6 Å². The molecule has 0 N–H and O–H groups in total. The highest BCUT2D eigenvalue weighted by molar-refractivity contribution is 5.97. The number of nitrogens with zero attached hydrogens (tertiary/aromatic N) is 3. The highest BCUT2D eigenvalue weighted by Gasteiger charge is 2.31. The SMILES string of the molecule is Cn1cnc2ccc(C(=O)N3CCOC(C4CCOCC4)C3)cc2c1=O. The molecule has 1 atom stereocenters. The van der Waals surface area contributed by atoms with Crippen LogP contribution in [-0.4, -0.2) is 59.4 Å². The number of hydrogen-bond acceptors (Lipinski definition) is 5. The lowest BCUT2D eigenvalue weighted by molar-refractivity contribution is -0.0738. The van der Waals surface area contributed by atoms with E-state index in [9.17, 15) is 9.59 Å². The summed E-state index contributed by atoms with van der Waals surface area (Å²) < 4.78 is 12.8. The van der Waals surface area contributed by atoms with Crippen LogP contribution in [0.25, 0.3) is 10.9 Å². The van der Waals surface area contributed by atoms with Crippen LogP contribution in [0, 0.1) is 5.92 Å². The molecule has 1 amide bonds. The number of carbonyl (C=O) groups is 1. The smallest absolute Gasteiger partial charge is 0.260 e. The number of ether oxygens (including phenoxy) is 2. The van der Waals surface area contributed by atoms with Gasteiger partial charge in [-0.2, -0.15) is 0 Å². The van der Waals surface area contributed by atoms with Crippen LogP contribution >= 0.6 is 0 Å². The topological polar surface area (TPSA) is 73.7 Å². The normalized spacial score (nSPS) is 21.9. The lowest BCUT2D eigenvalue weighted by atomic mass is 9.92. The molecule has 0 spiro atoms. The Labute approximate surface area is 151 Å². The van der Waals surface area contributed by atoms with Gasteiger partial charge in [0.25, 0.3) is 11.5 Å². The monoisotopic (exact) mass is 357 g/mol. The number of hydrogen-bond donors (Lipinski definition) is 0. The molecule has 0 bridgehead atoms. The molecule has 2 aromatic rings. The number of benzene rings is 1. The van der Waals surface area contributed by atoms with Gasteiger partial charge in [0.05, 0.1) is 29.9 Å². The Balaban J connectivity index is 1.55. The van der Waals surface area contributed by atoms with E-state index in [1.165, 1.54) is 10.9 Å². The molecule has 1 aromatic heterocycles. The molecule has 4 rings (SSSR count). The van der Waals surface area contributed by atoms with Gasteiger partial charge in [0, 0.05) is 38.9 Å². The third-order valence-corrected chi connectivity index (χ3v) is 5.34. The molecular weight excluding hydrogens is 334 g/mol.